The van der Waals surface area contributed by atoms with E-state index in [-0.39, 0.29) is 5.92 Å². The van der Waals surface area contributed by atoms with Crippen molar-refractivity contribution in [3.8, 4) is 6.07 Å². The topological polar surface area (TPSA) is 63.1 Å². The van der Waals surface area contributed by atoms with E-state index in [0.29, 0.717) is 17.3 Å². The summed E-state index contributed by atoms with van der Waals surface area (Å²) in [4.78, 5) is 21.7. The highest BCUT2D eigenvalue weighted by molar-refractivity contribution is 6.02. The summed E-state index contributed by atoms with van der Waals surface area (Å²) < 4.78 is 0. The van der Waals surface area contributed by atoms with Crippen LogP contribution in [-0.2, 0) is 19.5 Å². The standard InChI is InChI=1S/C37H38N4O/c38-22-28-6-9-36-35(19-28)33(23-39-36)25-41-16-12-29(13-17-41)30-7-8-34-31(20-30)21-32(37(34)42)18-26-10-14-40(15-11-26)24-27-4-2-1-3-5-27/h1-9,12,19-20,23,26,32,39H,10-11,13-18,21,24-25H2. The maximum Gasteiger partial charge on any atom is 0.166 e. The first-order valence-corrected chi connectivity index (χ1v) is 15.5. The van der Waals surface area contributed by atoms with Crippen LogP contribution < -0.4 is 0 Å². The van der Waals surface area contributed by atoms with E-state index in [9.17, 15) is 10.1 Å². The molecule has 4 aromatic rings. The molecule has 3 heterocycles. The zero-order valence-electron chi connectivity index (χ0n) is 24.2. The van der Waals surface area contributed by atoms with E-state index in [0.717, 1.165) is 75.0 Å². The van der Waals surface area contributed by atoms with Crippen molar-refractivity contribution < 1.29 is 4.79 Å². The van der Waals surface area contributed by atoms with Crippen molar-refractivity contribution >= 4 is 22.3 Å². The number of rotatable bonds is 7. The van der Waals surface area contributed by atoms with Crippen LogP contribution in [0.5, 0.6) is 0 Å². The fourth-order valence-electron chi connectivity index (χ4n) is 7.33. The number of aromatic amines is 1. The first kappa shape index (κ1) is 26.9. The molecular weight excluding hydrogens is 516 g/mol. The smallest absolute Gasteiger partial charge is 0.166 e. The van der Waals surface area contributed by atoms with Crippen molar-refractivity contribution in [1.82, 2.24) is 14.8 Å². The minimum absolute atomic E-state index is 0.148. The fourth-order valence-corrected chi connectivity index (χ4v) is 7.33. The van der Waals surface area contributed by atoms with Crippen molar-refractivity contribution in [2.24, 2.45) is 11.8 Å². The molecule has 1 N–H and O–H groups in total. The number of aromatic nitrogens is 1. The van der Waals surface area contributed by atoms with Gasteiger partial charge in [0.2, 0.25) is 0 Å². The van der Waals surface area contributed by atoms with Crippen molar-refractivity contribution in [2.45, 2.75) is 45.2 Å². The third-order valence-corrected chi connectivity index (χ3v) is 9.74. The van der Waals surface area contributed by atoms with E-state index < -0.39 is 0 Å². The number of hydrogen-bond acceptors (Lipinski definition) is 4. The SMILES string of the molecule is N#Cc1ccc2[nH]cc(CN3CC=C(c4ccc5c(c4)CC(CC4CCN(Cc6ccccc6)CC4)C5=O)CC3)c2c1. The Kier molecular flexibility index (Phi) is 7.50. The van der Waals surface area contributed by atoms with Gasteiger partial charge in [-0.3, -0.25) is 14.6 Å². The van der Waals surface area contributed by atoms with Crippen LogP contribution in [0.15, 0.2) is 79.0 Å². The fraction of sp³-hybridized carbons (Fsp3) is 0.351. The molecule has 1 aliphatic carbocycles. The zero-order chi connectivity index (χ0) is 28.5. The highest BCUT2D eigenvalue weighted by Gasteiger charge is 2.33. The molecule has 1 fully saturated rings. The average Bonchev–Trinajstić information content (AvgIpc) is 3.58. The molecule has 1 aromatic heterocycles. The molecule has 0 amide bonds. The quantitative estimate of drug-likeness (QED) is 0.268. The number of carbonyl (C=O) groups excluding carboxylic acids is 1. The molecule has 1 unspecified atom stereocenters. The Morgan fingerprint density at radius 3 is 2.57 bits per heavy atom. The number of ketones is 1. The summed E-state index contributed by atoms with van der Waals surface area (Å²) >= 11 is 0. The second kappa shape index (κ2) is 11.7. The molecule has 3 aliphatic rings. The molecule has 0 bridgehead atoms. The third-order valence-electron chi connectivity index (χ3n) is 9.74. The van der Waals surface area contributed by atoms with Crippen LogP contribution in [-0.4, -0.2) is 46.7 Å². The molecule has 0 radical (unpaired) electrons. The Morgan fingerprint density at radius 1 is 0.929 bits per heavy atom. The normalized spacial score (nSPS) is 20.0. The zero-order valence-corrected chi connectivity index (χ0v) is 24.2. The number of fused-ring (bicyclic) bond motifs is 2. The number of nitrogens with one attached hydrogen (secondary N) is 1. The molecule has 5 heteroatoms. The number of Topliss-reactive ketones (excluding diaryl/α,β-unsaturated/α-hetero) is 1. The van der Waals surface area contributed by atoms with Gasteiger partial charge >= 0.3 is 0 Å². The lowest BCUT2D eigenvalue weighted by Crippen LogP contribution is -2.34. The second-order valence-electron chi connectivity index (χ2n) is 12.5. The molecule has 0 spiro atoms. The molecule has 2 aliphatic heterocycles. The molecule has 7 rings (SSSR count). The highest BCUT2D eigenvalue weighted by atomic mass is 16.1. The number of nitriles is 1. The minimum atomic E-state index is 0.148. The minimum Gasteiger partial charge on any atom is -0.361 e. The Hall–Kier alpha value is -3.98. The van der Waals surface area contributed by atoms with E-state index in [2.05, 4.69) is 81.7 Å². The largest absolute Gasteiger partial charge is 0.361 e. The number of carbonyl (C=O) groups is 1. The van der Waals surface area contributed by atoms with E-state index in [1.807, 2.05) is 18.2 Å². The Balaban J connectivity index is 0.945. The van der Waals surface area contributed by atoms with Crippen LogP contribution in [0.3, 0.4) is 0 Å². The van der Waals surface area contributed by atoms with Crippen molar-refractivity contribution in [1.29, 1.82) is 5.26 Å². The number of piperidine rings is 1. The van der Waals surface area contributed by atoms with Gasteiger partial charge in [-0.1, -0.05) is 54.6 Å². The Bertz CT molecular complexity index is 1670. The van der Waals surface area contributed by atoms with E-state index in [1.54, 1.807) is 0 Å². The molecular formula is C37H38N4O. The van der Waals surface area contributed by atoms with Crippen LogP contribution in [0.4, 0.5) is 0 Å². The van der Waals surface area contributed by atoms with Crippen LogP contribution in [0.25, 0.3) is 16.5 Å². The van der Waals surface area contributed by atoms with Crippen LogP contribution in [0.2, 0.25) is 0 Å². The Morgan fingerprint density at radius 2 is 1.79 bits per heavy atom. The van der Waals surface area contributed by atoms with Gasteiger partial charge in [-0.2, -0.15) is 5.26 Å². The molecule has 212 valence electrons. The summed E-state index contributed by atoms with van der Waals surface area (Å²) in [6, 6.07) is 25.4. The van der Waals surface area contributed by atoms with Gasteiger partial charge in [0.15, 0.2) is 5.78 Å². The van der Waals surface area contributed by atoms with Gasteiger partial charge < -0.3 is 4.98 Å². The van der Waals surface area contributed by atoms with E-state index in [1.165, 1.54) is 40.7 Å². The number of nitrogens with zero attached hydrogens (tertiary/aromatic N) is 3. The summed E-state index contributed by atoms with van der Waals surface area (Å²) in [5, 5.41) is 10.4. The molecule has 0 saturated carbocycles. The maximum absolute atomic E-state index is 13.3. The van der Waals surface area contributed by atoms with Crippen molar-refractivity contribution in [3.05, 3.63) is 112 Å². The molecule has 3 aromatic carbocycles. The van der Waals surface area contributed by atoms with Crippen LogP contribution in [0, 0.1) is 23.2 Å². The van der Waals surface area contributed by atoms with Gasteiger partial charge in [0.1, 0.15) is 0 Å². The van der Waals surface area contributed by atoms with Crippen LogP contribution >= 0.6 is 0 Å². The number of likely N-dealkylation sites (tertiary alicyclic amines) is 1. The number of hydrogen-bond donors (Lipinski definition) is 1. The van der Waals surface area contributed by atoms with Gasteiger partial charge in [0.05, 0.1) is 11.6 Å². The number of benzene rings is 3. The summed E-state index contributed by atoms with van der Waals surface area (Å²) in [5.74, 6) is 1.16. The van der Waals surface area contributed by atoms with Crippen molar-refractivity contribution in [3.63, 3.8) is 0 Å². The summed E-state index contributed by atoms with van der Waals surface area (Å²) in [6.07, 6.45) is 9.76. The van der Waals surface area contributed by atoms with E-state index >= 15 is 0 Å². The van der Waals surface area contributed by atoms with Crippen molar-refractivity contribution in [2.75, 3.05) is 26.2 Å². The summed E-state index contributed by atoms with van der Waals surface area (Å²) in [5.41, 5.74) is 9.28. The van der Waals surface area contributed by atoms with Gasteiger partial charge in [0, 0.05) is 54.8 Å². The maximum atomic E-state index is 13.3. The third kappa shape index (κ3) is 5.57. The highest BCUT2D eigenvalue weighted by Crippen LogP contribution is 2.36. The summed E-state index contributed by atoms with van der Waals surface area (Å²) in [6.45, 7) is 6.06. The number of H-pyrrole nitrogens is 1. The van der Waals surface area contributed by atoms with Gasteiger partial charge in [-0.15, -0.1) is 0 Å². The molecule has 1 saturated heterocycles. The van der Waals surface area contributed by atoms with Gasteiger partial charge in [-0.25, -0.2) is 0 Å². The first-order valence-electron chi connectivity index (χ1n) is 15.5. The predicted octanol–water partition coefficient (Wildman–Crippen LogP) is 6.99. The van der Waals surface area contributed by atoms with Gasteiger partial charge in [0.25, 0.3) is 0 Å². The lowest BCUT2D eigenvalue weighted by molar-refractivity contribution is 0.0895. The predicted molar refractivity (Wildman–Crippen MR) is 168 cm³/mol. The average molecular weight is 555 g/mol. The second-order valence-corrected chi connectivity index (χ2v) is 12.5. The van der Waals surface area contributed by atoms with Crippen LogP contribution in [0.1, 0.15) is 63.9 Å². The molecule has 1 atom stereocenters. The molecule has 5 nitrogen and oxygen atoms in total. The Labute approximate surface area is 248 Å². The van der Waals surface area contributed by atoms with E-state index in [4.69, 9.17) is 0 Å². The lowest BCUT2D eigenvalue weighted by atomic mass is 9.85. The van der Waals surface area contributed by atoms with Gasteiger partial charge in [-0.05, 0) is 97.1 Å². The molecule has 42 heavy (non-hydrogen) atoms. The first-order chi connectivity index (χ1) is 20.6. The monoisotopic (exact) mass is 554 g/mol. The summed E-state index contributed by atoms with van der Waals surface area (Å²) in [7, 11) is 0. The lowest BCUT2D eigenvalue weighted by Gasteiger charge is -2.33.